The summed E-state index contributed by atoms with van der Waals surface area (Å²) >= 11 is 0. The van der Waals surface area contributed by atoms with E-state index in [0.717, 1.165) is 6.08 Å². The third-order valence-corrected chi connectivity index (χ3v) is 1.47. The van der Waals surface area contributed by atoms with E-state index >= 15 is 0 Å². The number of halogens is 5. The summed E-state index contributed by atoms with van der Waals surface area (Å²) < 4.78 is 62.1. The second kappa shape index (κ2) is 3.92. The maximum Gasteiger partial charge on any atom is 0.422 e. The molecule has 0 aliphatic heterocycles. The molecule has 0 saturated heterocycles. The third kappa shape index (κ3) is 2.48. The van der Waals surface area contributed by atoms with Crippen molar-refractivity contribution in [3.05, 3.63) is 29.4 Å². The van der Waals surface area contributed by atoms with E-state index in [1.54, 1.807) is 0 Å². The summed E-state index contributed by atoms with van der Waals surface area (Å²) in [5, 5.41) is 0. The highest BCUT2D eigenvalue weighted by Gasteiger charge is 2.38. The Labute approximate surface area is 81.5 Å². The minimum Gasteiger partial charge on any atom is -0.202 e. The van der Waals surface area contributed by atoms with E-state index in [-0.39, 0.29) is 0 Å². The van der Waals surface area contributed by atoms with Gasteiger partial charge in [-0.2, -0.15) is 26.9 Å². The molecule has 0 radical (unpaired) electrons. The summed E-state index contributed by atoms with van der Waals surface area (Å²) in [5.41, 5.74) is -2.49. The number of aromatic nitrogens is 2. The molecule has 82 valence electrons. The number of hydrogen-bond donors (Lipinski definition) is 0. The van der Waals surface area contributed by atoms with Crippen LogP contribution in [-0.4, -0.2) is 9.97 Å². The van der Waals surface area contributed by atoms with Crippen LogP contribution < -0.4 is 0 Å². The van der Waals surface area contributed by atoms with Crippen molar-refractivity contribution in [3.8, 4) is 0 Å². The van der Waals surface area contributed by atoms with Crippen LogP contribution in [0.1, 0.15) is 18.2 Å². The molecule has 0 aliphatic rings. The van der Waals surface area contributed by atoms with Crippen LogP contribution in [0.25, 0.3) is 6.08 Å². The zero-order chi connectivity index (χ0) is 11.6. The van der Waals surface area contributed by atoms with Gasteiger partial charge in [0.05, 0.1) is 5.69 Å². The highest BCUT2D eigenvalue weighted by molar-refractivity contribution is 5.49. The van der Waals surface area contributed by atoms with Crippen molar-refractivity contribution in [2.45, 2.75) is 13.1 Å². The van der Waals surface area contributed by atoms with E-state index in [1.165, 1.54) is 13.0 Å². The molecule has 0 aliphatic carbocycles. The molecule has 0 spiro atoms. The minimum absolute atomic E-state index is 0.824. The Morgan fingerprint density at radius 1 is 1.13 bits per heavy atom. The SMILES string of the molecule is CC=Cc1nc(F)nc(F)c1C(F)(F)F. The lowest BCUT2D eigenvalue weighted by molar-refractivity contribution is -0.141. The van der Waals surface area contributed by atoms with E-state index in [2.05, 4.69) is 9.97 Å². The lowest BCUT2D eigenvalue weighted by Crippen LogP contribution is -2.15. The zero-order valence-corrected chi connectivity index (χ0v) is 7.44. The monoisotopic (exact) mass is 224 g/mol. The molecule has 0 unspecified atom stereocenters. The lowest BCUT2D eigenvalue weighted by atomic mass is 10.2. The van der Waals surface area contributed by atoms with Crippen LogP contribution in [0.5, 0.6) is 0 Å². The van der Waals surface area contributed by atoms with Gasteiger partial charge in [-0.25, -0.2) is 4.98 Å². The van der Waals surface area contributed by atoms with Gasteiger partial charge in [0.1, 0.15) is 5.56 Å². The molecule has 7 heteroatoms. The number of allylic oxidation sites excluding steroid dienone is 1. The van der Waals surface area contributed by atoms with Gasteiger partial charge < -0.3 is 0 Å². The first kappa shape index (κ1) is 11.5. The van der Waals surface area contributed by atoms with Gasteiger partial charge in [0.15, 0.2) is 0 Å². The van der Waals surface area contributed by atoms with Crippen molar-refractivity contribution in [1.82, 2.24) is 9.97 Å². The Kier molecular flexibility index (Phi) is 3.01. The van der Waals surface area contributed by atoms with Crippen LogP contribution >= 0.6 is 0 Å². The summed E-state index contributed by atoms with van der Waals surface area (Å²) in [6.07, 6.45) is -4.44. The number of hydrogen-bond acceptors (Lipinski definition) is 2. The fraction of sp³-hybridized carbons (Fsp3) is 0.250. The van der Waals surface area contributed by atoms with Gasteiger partial charge >= 0.3 is 12.3 Å². The first-order valence-electron chi connectivity index (χ1n) is 3.79. The van der Waals surface area contributed by atoms with Crippen molar-refractivity contribution in [2.24, 2.45) is 0 Å². The van der Waals surface area contributed by atoms with Crippen molar-refractivity contribution >= 4 is 6.08 Å². The molecule has 15 heavy (non-hydrogen) atoms. The molecule has 1 aromatic heterocycles. The lowest BCUT2D eigenvalue weighted by Gasteiger charge is -2.09. The van der Waals surface area contributed by atoms with Crippen LogP contribution in [-0.2, 0) is 6.18 Å². The predicted octanol–water partition coefficient (Wildman–Crippen LogP) is 2.81. The summed E-state index contributed by atoms with van der Waals surface area (Å²) in [6.45, 7) is 1.40. The van der Waals surface area contributed by atoms with E-state index in [1.807, 2.05) is 0 Å². The molecular weight excluding hydrogens is 219 g/mol. The fourth-order valence-corrected chi connectivity index (χ4v) is 0.964. The number of rotatable bonds is 1. The highest BCUT2D eigenvalue weighted by atomic mass is 19.4. The van der Waals surface area contributed by atoms with Crippen molar-refractivity contribution < 1.29 is 22.0 Å². The van der Waals surface area contributed by atoms with Crippen molar-refractivity contribution in [2.75, 3.05) is 0 Å². The Morgan fingerprint density at radius 3 is 2.20 bits per heavy atom. The van der Waals surface area contributed by atoms with E-state index < -0.39 is 29.5 Å². The summed E-state index contributed by atoms with van der Waals surface area (Å²) in [7, 11) is 0. The van der Waals surface area contributed by atoms with Gasteiger partial charge in [-0.3, -0.25) is 0 Å². The molecule has 1 aromatic rings. The Balaban J connectivity index is 3.47. The van der Waals surface area contributed by atoms with Crippen molar-refractivity contribution in [3.63, 3.8) is 0 Å². The van der Waals surface area contributed by atoms with E-state index in [9.17, 15) is 22.0 Å². The summed E-state index contributed by atoms with van der Waals surface area (Å²) in [6, 6.07) is 0. The molecule has 2 nitrogen and oxygen atoms in total. The van der Waals surface area contributed by atoms with E-state index in [0.29, 0.717) is 0 Å². The van der Waals surface area contributed by atoms with Gasteiger partial charge in [-0.15, -0.1) is 0 Å². The van der Waals surface area contributed by atoms with Crippen LogP contribution in [0, 0.1) is 12.0 Å². The predicted molar refractivity (Wildman–Crippen MR) is 41.7 cm³/mol. The van der Waals surface area contributed by atoms with Crippen molar-refractivity contribution in [1.29, 1.82) is 0 Å². The quantitative estimate of drug-likeness (QED) is 0.416. The Bertz CT molecular complexity index is 397. The summed E-state index contributed by atoms with van der Waals surface area (Å²) in [4.78, 5) is 5.25. The number of nitrogens with zero attached hydrogens (tertiary/aromatic N) is 2. The van der Waals surface area contributed by atoms with Gasteiger partial charge in [-0.05, 0) is 13.0 Å². The van der Waals surface area contributed by atoms with Gasteiger partial charge in [-0.1, -0.05) is 6.08 Å². The molecule has 0 fully saturated rings. The smallest absolute Gasteiger partial charge is 0.202 e. The maximum atomic E-state index is 12.8. The molecule has 0 amide bonds. The topological polar surface area (TPSA) is 25.8 Å². The minimum atomic E-state index is -4.95. The molecule has 1 rings (SSSR count). The van der Waals surface area contributed by atoms with Crippen LogP contribution in [0.15, 0.2) is 6.08 Å². The first-order valence-corrected chi connectivity index (χ1v) is 3.79. The van der Waals surface area contributed by atoms with Crippen LogP contribution in [0.3, 0.4) is 0 Å². The molecule has 1 heterocycles. The number of alkyl halides is 3. The van der Waals surface area contributed by atoms with Crippen LogP contribution in [0.4, 0.5) is 22.0 Å². The molecular formula is C8H5F5N2. The largest absolute Gasteiger partial charge is 0.422 e. The zero-order valence-electron chi connectivity index (χ0n) is 7.44. The fourth-order valence-electron chi connectivity index (χ4n) is 0.964. The van der Waals surface area contributed by atoms with Gasteiger partial charge in [0, 0.05) is 0 Å². The second-order valence-electron chi connectivity index (χ2n) is 2.54. The molecule has 0 saturated carbocycles. The molecule has 0 aromatic carbocycles. The molecule has 0 atom stereocenters. The third-order valence-electron chi connectivity index (χ3n) is 1.47. The normalized spacial score (nSPS) is 12.4. The Morgan fingerprint density at radius 2 is 1.73 bits per heavy atom. The van der Waals surface area contributed by atoms with Crippen LogP contribution in [0.2, 0.25) is 0 Å². The second-order valence-corrected chi connectivity index (χ2v) is 2.54. The Hall–Kier alpha value is -1.53. The van der Waals surface area contributed by atoms with Gasteiger partial charge in [0.2, 0.25) is 5.95 Å². The standard InChI is InChI=1S/C8H5F5N2/c1-2-3-4-5(8(11,12)13)6(9)15-7(10)14-4/h2-3H,1H3. The average Bonchev–Trinajstić information content (AvgIpc) is 1.99. The van der Waals surface area contributed by atoms with Gasteiger partial charge in [0.25, 0.3) is 0 Å². The maximum absolute atomic E-state index is 12.8. The summed E-state index contributed by atoms with van der Waals surface area (Å²) in [5.74, 6) is -1.91. The highest BCUT2D eigenvalue weighted by Crippen LogP contribution is 2.33. The average molecular weight is 224 g/mol. The molecule has 0 bridgehead atoms. The first-order chi connectivity index (χ1) is 6.86. The molecule has 0 N–H and O–H groups in total. The van der Waals surface area contributed by atoms with E-state index in [4.69, 9.17) is 0 Å².